The van der Waals surface area contributed by atoms with Crippen LogP contribution in [0.3, 0.4) is 0 Å². The van der Waals surface area contributed by atoms with Gasteiger partial charge in [-0.05, 0) is 47.8 Å². The summed E-state index contributed by atoms with van der Waals surface area (Å²) in [6, 6.07) is 2.96. The molecule has 1 atom stereocenters. The minimum atomic E-state index is 0.732. The second kappa shape index (κ2) is 3.90. The van der Waals surface area contributed by atoms with Gasteiger partial charge in [-0.1, -0.05) is 0 Å². The van der Waals surface area contributed by atoms with Crippen molar-refractivity contribution >= 4 is 27.3 Å². The Bertz CT molecular complexity index is 253. The zero-order chi connectivity index (χ0) is 8.39. The van der Waals surface area contributed by atoms with Crippen LogP contribution in [-0.4, -0.2) is 12.6 Å². The van der Waals surface area contributed by atoms with Crippen molar-refractivity contribution in [2.45, 2.75) is 25.3 Å². The van der Waals surface area contributed by atoms with Crippen molar-refractivity contribution in [2.24, 2.45) is 0 Å². The summed E-state index contributed by atoms with van der Waals surface area (Å²) < 4.78 is 1.22. The van der Waals surface area contributed by atoms with Crippen molar-refractivity contribution in [3.05, 3.63) is 20.8 Å². The van der Waals surface area contributed by atoms with Crippen LogP contribution < -0.4 is 5.32 Å². The van der Waals surface area contributed by atoms with Gasteiger partial charge in [-0.3, -0.25) is 0 Å². The van der Waals surface area contributed by atoms with E-state index in [0.29, 0.717) is 0 Å². The van der Waals surface area contributed by atoms with Crippen molar-refractivity contribution < 1.29 is 0 Å². The highest BCUT2D eigenvalue weighted by molar-refractivity contribution is 9.10. The Hall–Kier alpha value is 0.140. The molecule has 2 heterocycles. The third-order valence-electron chi connectivity index (χ3n) is 2.23. The Kier molecular flexibility index (Phi) is 2.84. The topological polar surface area (TPSA) is 12.0 Å². The van der Waals surface area contributed by atoms with E-state index in [9.17, 15) is 0 Å². The summed E-state index contributed by atoms with van der Waals surface area (Å²) in [5.41, 5.74) is 0. The summed E-state index contributed by atoms with van der Waals surface area (Å²) in [7, 11) is 0. The fourth-order valence-electron chi connectivity index (χ4n) is 1.63. The maximum absolute atomic E-state index is 3.51. The van der Waals surface area contributed by atoms with E-state index < -0.39 is 0 Å². The fraction of sp³-hybridized carbons (Fsp3) is 0.556. The average Bonchev–Trinajstić information content (AvgIpc) is 2.63. The van der Waals surface area contributed by atoms with Gasteiger partial charge in [0.15, 0.2) is 0 Å². The highest BCUT2D eigenvalue weighted by Gasteiger charge is 2.14. The molecule has 1 aliphatic rings. The van der Waals surface area contributed by atoms with Crippen molar-refractivity contribution in [1.29, 1.82) is 0 Å². The largest absolute Gasteiger partial charge is 0.314 e. The predicted molar refractivity (Wildman–Crippen MR) is 56.7 cm³/mol. The molecule has 0 saturated carbocycles. The van der Waals surface area contributed by atoms with Crippen molar-refractivity contribution in [3.8, 4) is 0 Å². The normalized spacial score (nSPS) is 23.2. The Morgan fingerprint density at radius 1 is 1.67 bits per heavy atom. The number of hydrogen-bond acceptors (Lipinski definition) is 2. The van der Waals surface area contributed by atoms with Gasteiger partial charge in [0.05, 0.1) is 0 Å². The lowest BCUT2D eigenvalue weighted by atomic mass is 10.1. The maximum Gasteiger partial charge on any atom is 0.0285 e. The smallest absolute Gasteiger partial charge is 0.0285 e. The zero-order valence-electron chi connectivity index (χ0n) is 6.85. The number of rotatable bonds is 2. The van der Waals surface area contributed by atoms with Crippen LogP contribution >= 0.6 is 27.3 Å². The molecule has 0 aromatic carbocycles. The molecule has 1 unspecified atom stereocenters. The Labute approximate surface area is 85.3 Å². The predicted octanol–water partition coefficient (Wildman–Crippen LogP) is 2.81. The summed E-state index contributed by atoms with van der Waals surface area (Å²) in [6.45, 7) is 1.21. The minimum Gasteiger partial charge on any atom is -0.314 e. The summed E-state index contributed by atoms with van der Waals surface area (Å²) in [5, 5.41) is 5.66. The summed E-state index contributed by atoms with van der Waals surface area (Å²) >= 11 is 5.32. The first kappa shape index (κ1) is 8.73. The molecule has 0 spiro atoms. The summed E-state index contributed by atoms with van der Waals surface area (Å²) in [4.78, 5) is 1.49. The summed E-state index contributed by atoms with van der Waals surface area (Å²) in [6.07, 6.45) is 3.89. The third-order valence-corrected chi connectivity index (χ3v) is 3.95. The lowest BCUT2D eigenvalue weighted by Crippen LogP contribution is -2.23. The van der Waals surface area contributed by atoms with Gasteiger partial charge < -0.3 is 5.32 Å². The molecule has 1 saturated heterocycles. The second-order valence-corrected chi connectivity index (χ2v) is 5.14. The Morgan fingerprint density at radius 2 is 2.58 bits per heavy atom. The molecule has 1 aliphatic heterocycles. The van der Waals surface area contributed by atoms with Crippen molar-refractivity contribution in [1.82, 2.24) is 5.32 Å². The van der Waals surface area contributed by atoms with E-state index in [-0.39, 0.29) is 0 Å². The van der Waals surface area contributed by atoms with Gasteiger partial charge in [0.25, 0.3) is 0 Å². The molecule has 1 nitrogen and oxygen atoms in total. The van der Waals surface area contributed by atoms with Gasteiger partial charge in [0, 0.05) is 20.8 Å². The lowest BCUT2D eigenvalue weighted by Gasteiger charge is -2.06. The maximum atomic E-state index is 3.51. The van der Waals surface area contributed by atoms with Gasteiger partial charge in [0.1, 0.15) is 0 Å². The Balaban J connectivity index is 1.94. The van der Waals surface area contributed by atoms with E-state index in [1.54, 1.807) is 0 Å². The average molecular weight is 246 g/mol. The zero-order valence-corrected chi connectivity index (χ0v) is 9.25. The highest BCUT2D eigenvalue weighted by Crippen LogP contribution is 2.22. The van der Waals surface area contributed by atoms with Crippen LogP contribution in [0.2, 0.25) is 0 Å². The molecule has 0 amide bonds. The van der Waals surface area contributed by atoms with Gasteiger partial charge >= 0.3 is 0 Å². The second-order valence-electron chi connectivity index (χ2n) is 3.23. The van der Waals surface area contributed by atoms with E-state index >= 15 is 0 Å². The van der Waals surface area contributed by atoms with E-state index in [0.717, 1.165) is 6.04 Å². The van der Waals surface area contributed by atoms with Crippen LogP contribution in [0.1, 0.15) is 17.7 Å². The molecule has 12 heavy (non-hydrogen) atoms. The van der Waals surface area contributed by atoms with Crippen LogP contribution in [0, 0.1) is 0 Å². The van der Waals surface area contributed by atoms with Gasteiger partial charge in [-0.2, -0.15) is 0 Å². The molecule has 2 rings (SSSR count). The van der Waals surface area contributed by atoms with E-state index in [1.165, 1.54) is 35.2 Å². The molecule has 1 N–H and O–H groups in total. The minimum absolute atomic E-state index is 0.732. The van der Waals surface area contributed by atoms with E-state index in [1.807, 2.05) is 11.3 Å². The van der Waals surface area contributed by atoms with Crippen LogP contribution in [0.25, 0.3) is 0 Å². The third kappa shape index (κ3) is 2.09. The van der Waals surface area contributed by atoms with Crippen LogP contribution in [0.5, 0.6) is 0 Å². The molecular weight excluding hydrogens is 234 g/mol. The first-order valence-corrected chi connectivity index (χ1v) is 5.98. The van der Waals surface area contributed by atoms with Gasteiger partial charge in [-0.15, -0.1) is 11.3 Å². The highest BCUT2D eigenvalue weighted by atomic mass is 79.9. The van der Waals surface area contributed by atoms with Gasteiger partial charge in [-0.25, -0.2) is 0 Å². The molecule has 1 aromatic rings. The first-order chi connectivity index (χ1) is 5.84. The Morgan fingerprint density at radius 3 is 3.17 bits per heavy atom. The SMILES string of the molecule is Brc1csc(CC2CCCN2)c1. The molecule has 0 aliphatic carbocycles. The molecule has 66 valence electrons. The molecule has 0 bridgehead atoms. The molecular formula is C9H12BrNS. The van der Waals surface area contributed by atoms with Gasteiger partial charge in [0.2, 0.25) is 0 Å². The monoisotopic (exact) mass is 245 g/mol. The lowest BCUT2D eigenvalue weighted by molar-refractivity contribution is 0.608. The van der Waals surface area contributed by atoms with Crippen LogP contribution in [0.15, 0.2) is 15.9 Å². The van der Waals surface area contributed by atoms with Crippen LogP contribution in [-0.2, 0) is 6.42 Å². The molecule has 0 radical (unpaired) electrons. The molecule has 1 aromatic heterocycles. The molecule has 1 fully saturated rings. The van der Waals surface area contributed by atoms with E-state index in [4.69, 9.17) is 0 Å². The molecule has 3 heteroatoms. The first-order valence-electron chi connectivity index (χ1n) is 4.31. The number of halogens is 1. The summed E-state index contributed by atoms with van der Waals surface area (Å²) in [5.74, 6) is 0. The number of hydrogen-bond donors (Lipinski definition) is 1. The fourth-order valence-corrected chi connectivity index (χ4v) is 3.17. The van der Waals surface area contributed by atoms with Crippen molar-refractivity contribution in [3.63, 3.8) is 0 Å². The quantitative estimate of drug-likeness (QED) is 0.846. The number of thiophene rings is 1. The number of nitrogens with one attached hydrogen (secondary N) is 1. The van der Waals surface area contributed by atoms with E-state index in [2.05, 4.69) is 32.7 Å². The van der Waals surface area contributed by atoms with Crippen LogP contribution in [0.4, 0.5) is 0 Å². The van der Waals surface area contributed by atoms with Crippen molar-refractivity contribution in [2.75, 3.05) is 6.54 Å². The standard InChI is InChI=1S/C9H12BrNS/c10-7-4-9(12-6-7)5-8-2-1-3-11-8/h4,6,8,11H,1-3,5H2.